The molecule has 3 aliphatic rings. The number of ether oxygens (including phenoxy) is 1. The second kappa shape index (κ2) is 8.56. The van der Waals surface area contributed by atoms with Crippen LogP contribution in [0.3, 0.4) is 0 Å². The van der Waals surface area contributed by atoms with Gasteiger partial charge >= 0.3 is 6.03 Å². The van der Waals surface area contributed by atoms with Crippen molar-refractivity contribution < 1.29 is 18.1 Å². The van der Waals surface area contributed by atoms with Gasteiger partial charge in [-0.25, -0.2) is 22.8 Å². The fourth-order valence-electron chi connectivity index (χ4n) is 5.04. The fraction of sp³-hybridized carbons (Fsp3) is 0.500. The molecule has 2 amide bonds. The number of likely N-dealkylation sites (N-methyl/N-ethyl adjacent to an activating group) is 1. The molecule has 1 aromatic heterocycles. The van der Waals surface area contributed by atoms with E-state index in [1.165, 1.54) is 6.20 Å². The third kappa shape index (κ3) is 3.69. The molecule has 0 spiro atoms. The first-order valence-electron chi connectivity index (χ1n) is 11.3. The molecule has 1 aromatic carbocycles. The molecule has 0 radical (unpaired) electrons. The molecule has 0 bridgehead atoms. The van der Waals surface area contributed by atoms with Crippen LogP contribution in [0.15, 0.2) is 15.5 Å². The van der Waals surface area contributed by atoms with Gasteiger partial charge in [-0.05, 0) is 74.9 Å². The molecular weight excluding hydrogens is 461 g/mol. The van der Waals surface area contributed by atoms with Crippen LogP contribution in [0.2, 0.25) is 0 Å². The molecular formula is C22H26FN7O3S. The Morgan fingerprint density at radius 2 is 1.91 bits per heavy atom. The lowest BCUT2D eigenvalue weighted by atomic mass is 9.98. The Bertz CT molecular complexity index is 1300. The van der Waals surface area contributed by atoms with Gasteiger partial charge in [-0.2, -0.15) is 10.4 Å². The summed E-state index contributed by atoms with van der Waals surface area (Å²) in [7, 11) is 0.143. The zero-order valence-corrected chi connectivity index (χ0v) is 19.9. The number of hydrogen-bond acceptors (Lipinski definition) is 6. The van der Waals surface area contributed by atoms with Gasteiger partial charge in [0.15, 0.2) is 21.0 Å². The summed E-state index contributed by atoms with van der Waals surface area (Å²) in [5, 5.41) is 16.3. The molecule has 0 saturated heterocycles. The van der Waals surface area contributed by atoms with E-state index < -0.39 is 15.9 Å². The predicted molar refractivity (Wildman–Crippen MR) is 122 cm³/mol. The van der Waals surface area contributed by atoms with Gasteiger partial charge in [0.05, 0.1) is 18.8 Å². The Hall–Kier alpha value is -3.17. The smallest absolute Gasteiger partial charge is 0.355 e. The highest BCUT2D eigenvalue weighted by Gasteiger charge is 2.32. The Morgan fingerprint density at radius 1 is 1.26 bits per heavy atom. The summed E-state index contributed by atoms with van der Waals surface area (Å²) in [6, 6.07) is -0.799. The van der Waals surface area contributed by atoms with Crippen LogP contribution >= 0.6 is 0 Å². The van der Waals surface area contributed by atoms with E-state index in [0.717, 1.165) is 24.0 Å². The Labute approximate surface area is 197 Å². The van der Waals surface area contributed by atoms with Crippen molar-refractivity contribution in [3.8, 4) is 12.1 Å². The van der Waals surface area contributed by atoms with Crippen molar-refractivity contribution in [3.05, 3.63) is 34.3 Å². The van der Waals surface area contributed by atoms with Gasteiger partial charge in [0.2, 0.25) is 5.88 Å². The molecule has 0 fully saturated rings. The molecule has 5 rings (SSSR count). The van der Waals surface area contributed by atoms with E-state index in [4.69, 9.17) is 4.74 Å². The number of urea groups is 1. The Morgan fingerprint density at radius 3 is 2.53 bits per heavy atom. The van der Waals surface area contributed by atoms with Crippen molar-refractivity contribution in [3.63, 3.8) is 0 Å². The van der Waals surface area contributed by atoms with Crippen molar-refractivity contribution in [2.75, 3.05) is 26.0 Å². The number of carbonyl (C=O) groups excluding carboxylic acids is 1. The van der Waals surface area contributed by atoms with Crippen molar-refractivity contribution in [1.29, 1.82) is 5.26 Å². The van der Waals surface area contributed by atoms with Crippen LogP contribution in [0, 0.1) is 17.3 Å². The number of nitrogens with one attached hydrogen (secondary N) is 2. The zero-order valence-electron chi connectivity index (χ0n) is 19.1. The summed E-state index contributed by atoms with van der Waals surface area (Å²) in [4.78, 5) is 15.0. The number of amides is 2. The van der Waals surface area contributed by atoms with Gasteiger partial charge in [-0.3, -0.25) is 0 Å². The van der Waals surface area contributed by atoms with E-state index in [2.05, 4.69) is 19.5 Å². The van der Waals surface area contributed by atoms with E-state index in [1.54, 1.807) is 10.9 Å². The third-order valence-electron chi connectivity index (χ3n) is 6.78. The minimum absolute atomic E-state index is 0.0379. The number of nitriles is 1. The lowest BCUT2D eigenvalue weighted by Crippen LogP contribution is -2.41. The highest BCUT2D eigenvalue weighted by Crippen LogP contribution is 2.41. The Kier molecular flexibility index (Phi) is 5.69. The molecule has 10 nitrogen and oxygen atoms in total. The molecule has 2 aromatic rings. The summed E-state index contributed by atoms with van der Waals surface area (Å²) < 4.78 is 42.0. The number of aromatic nitrogens is 2. The Balaban J connectivity index is 1.51. The number of anilines is 1. The van der Waals surface area contributed by atoms with Crippen molar-refractivity contribution >= 4 is 21.6 Å². The molecule has 2 atom stereocenters. The summed E-state index contributed by atoms with van der Waals surface area (Å²) in [5.41, 5.74) is 3.48. The predicted octanol–water partition coefficient (Wildman–Crippen LogP) is 2.37. The first-order valence-corrected chi connectivity index (χ1v) is 12.8. The third-order valence-corrected chi connectivity index (χ3v) is 8.45. The first kappa shape index (κ1) is 22.6. The maximum absolute atomic E-state index is 14.9. The van der Waals surface area contributed by atoms with Crippen LogP contribution in [0.25, 0.3) is 0 Å². The topological polar surface area (TPSA) is 125 Å². The molecule has 1 aliphatic heterocycles. The minimum Gasteiger partial charge on any atom is -0.475 e. The van der Waals surface area contributed by atoms with Crippen LogP contribution in [0.5, 0.6) is 5.88 Å². The van der Waals surface area contributed by atoms with Crippen LogP contribution < -0.4 is 14.8 Å². The van der Waals surface area contributed by atoms with E-state index in [-0.39, 0.29) is 22.6 Å². The second-order valence-corrected chi connectivity index (χ2v) is 10.9. The van der Waals surface area contributed by atoms with Crippen LogP contribution in [0.4, 0.5) is 14.9 Å². The van der Waals surface area contributed by atoms with Crippen molar-refractivity contribution in [1.82, 2.24) is 19.4 Å². The summed E-state index contributed by atoms with van der Waals surface area (Å²) >= 11 is 0. The van der Waals surface area contributed by atoms with Crippen molar-refractivity contribution in [2.45, 2.75) is 56.0 Å². The largest absolute Gasteiger partial charge is 0.475 e. The lowest BCUT2D eigenvalue weighted by molar-refractivity contribution is 0.117. The number of rotatable bonds is 4. The number of hydrogen-bond donors (Lipinski definition) is 2. The van der Waals surface area contributed by atoms with Gasteiger partial charge in [-0.1, -0.05) is 0 Å². The molecule has 34 heavy (non-hydrogen) atoms. The van der Waals surface area contributed by atoms with Crippen LogP contribution in [0.1, 0.15) is 35.1 Å². The van der Waals surface area contributed by atoms with Gasteiger partial charge in [0.1, 0.15) is 12.4 Å². The number of carbonyl (C=O) groups is 1. The SMILES string of the molecule is CN(C)[C@@H]1COc2c(S(=O)(=NC(=O)Nc3c4c(c(F)c5c3CCC5)CCC4)NC#N)cnn2C1. The molecule has 1 unspecified atom stereocenters. The molecule has 180 valence electrons. The van der Waals surface area contributed by atoms with E-state index >= 15 is 0 Å². The van der Waals surface area contributed by atoms with E-state index in [9.17, 15) is 18.7 Å². The maximum atomic E-state index is 14.9. The van der Waals surface area contributed by atoms with Crippen LogP contribution in [-0.2, 0) is 42.1 Å². The van der Waals surface area contributed by atoms with Gasteiger partial charge in [-0.15, -0.1) is 4.36 Å². The lowest BCUT2D eigenvalue weighted by Gasteiger charge is -2.29. The highest BCUT2D eigenvalue weighted by molar-refractivity contribution is 7.92. The zero-order chi connectivity index (χ0) is 24.0. The van der Waals surface area contributed by atoms with E-state index in [0.29, 0.717) is 55.6 Å². The van der Waals surface area contributed by atoms with Gasteiger partial charge < -0.3 is 15.0 Å². The molecule has 2 aliphatic carbocycles. The monoisotopic (exact) mass is 487 g/mol. The minimum atomic E-state index is -3.70. The quantitative estimate of drug-likeness (QED) is 0.504. The molecule has 2 N–H and O–H groups in total. The number of benzene rings is 1. The molecule has 2 heterocycles. The fourth-order valence-corrected chi connectivity index (χ4v) is 6.28. The second-order valence-electron chi connectivity index (χ2n) is 9.00. The maximum Gasteiger partial charge on any atom is 0.355 e. The molecule has 12 heteroatoms. The number of halogens is 1. The number of fused-ring (bicyclic) bond motifs is 3. The van der Waals surface area contributed by atoms with Crippen molar-refractivity contribution in [2.24, 2.45) is 4.36 Å². The number of nitrogens with zero attached hydrogens (tertiary/aromatic N) is 5. The normalized spacial score (nSPS) is 19.9. The standard InChI is InChI=1S/C22H26FN7O3S/c1-29(2)13-10-30-21(33-11-13)18(9-25-30)34(32,26-12-24)28-22(31)27-20-16-7-3-5-14(16)19(23)15-6-4-8-17(15)20/h9,13H,3-8,10-11H2,1-2H3,(H2,26,27,28,31,32)/t13-,34?/m0/s1. The average Bonchev–Trinajstić information content (AvgIpc) is 3.55. The van der Waals surface area contributed by atoms with Gasteiger partial charge in [0, 0.05) is 5.69 Å². The highest BCUT2D eigenvalue weighted by atomic mass is 32.2. The summed E-state index contributed by atoms with van der Waals surface area (Å²) in [6.07, 6.45) is 7.18. The van der Waals surface area contributed by atoms with Crippen LogP contribution in [-0.4, -0.2) is 51.7 Å². The van der Waals surface area contributed by atoms with Gasteiger partial charge in [0.25, 0.3) is 0 Å². The average molecular weight is 488 g/mol. The summed E-state index contributed by atoms with van der Waals surface area (Å²) in [5.74, 6) is 0.0653. The summed E-state index contributed by atoms with van der Waals surface area (Å²) in [6.45, 7) is 0.846. The van der Waals surface area contributed by atoms with E-state index in [1.807, 2.05) is 19.0 Å². The molecule has 0 saturated carbocycles. The first-order chi connectivity index (χ1) is 16.3.